The van der Waals surface area contributed by atoms with E-state index < -0.39 is 0 Å². The summed E-state index contributed by atoms with van der Waals surface area (Å²) in [7, 11) is 0. The molecule has 0 N–H and O–H groups in total. The Balaban J connectivity index is 1.98. The van der Waals surface area contributed by atoms with E-state index in [9.17, 15) is 5.11 Å². The summed E-state index contributed by atoms with van der Waals surface area (Å²) in [6.45, 7) is 3.15. The van der Waals surface area contributed by atoms with Gasteiger partial charge in [0, 0.05) is 5.56 Å². The maximum Gasteiger partial charge on any atom is 0.181 e. The van der Waals surface area contributed by atoms with Gasteiger partial charge in [0.05, 0.1) is 6.61 Å². The van der Waals surface area contributed by atoms with E-state index in [4.69, 9.17) is 9.47 Å². The summed E-state index contributed by atoms with van der Waals surface area (Å²) in [5, 5.41) is 11.0. The summed E-state index contributed by atoms with van der Waals surface area (Å²) < 4.78 is 10.4. The van der Waals surface area contributed by atoms with E-state index in [2.05, 4.69) is 0 Å². The summed E-state index contributed by atoms with van der Waals surface area (Å²) in [6.07, 6.45) is 0.257. The van der Waals surface area contributed by atoms with Crippen molar-refractivity contribution >= 4 is 0 Å². The van der Waals surface area contributed by atoms with E-state index in [-0.39, 0.29) is 11.9 Å². The molecule has 0 amide bonds. The van der Waals surface area contributed by atoms with Crippen molar-refractivity contribution in [3.8, 4) is 11.5 Å². The highest BCUT2D eigenvalue weighted by Gasteiger charge is 2.23. The number of aryl methyl sites for hydroxylation is 1. The van der Waals surface area contributed by atoms with Gasteiger partial charge in [-0.2, -0.15) is 0 Å². The Morgan fingerprint density at radius 3 is 3.00 bits per heavy atom. The zero-order chi connectivity index (χ0) is 9.26. The second-order valence-electron chi connectivity index (χ2n) is 3.19. The number of hydrogen-bond acceptors (Lipinski definition) is 2. The van der Waals surface area contributed by atoms with Crippen molar-refractivity contribution < 1.29 is 14.6 Å². The number of rotatable bonds is 3. The highest BCUT2D eigenvalue weighted by molar-refractivity contribution is 5.37. The van der Waals surface area contributed by atoms with Gasteiger partial charge in [0.15, 0.2) is 5.75 Å². The smallest absolute Gasteiger partial charge is 0.181 e. The average molecular weight is 179 g/mol. The molecule has 1 heterocycles. The zero-order valence-electron chi connectivity index (χ0n) is 7.45. The average Bonchev–Trinajstić information content (AvgIpc) is 2.91. The van der Waals surface area contributed by atoms with Crippen LogP contribution in [0.4, 0.5) is 0 Å². The first-order valence-electron chi connectivity index (χ1n) is 4.28. The normalized spacial score (nSPS) is 19.9. The van der Waals surface area contributed by atoms with Gasteiger partial charge in [-0.05, 0) is 25.1 Å². The number of hydrogen-bond donors (Lipinski definition) is 0. The third kappa shape index (κ3) is 2.12. The fourth-order valence-corrected chi connectivity index (χ4v) is 1.07. The Morgan fingerprint density at radius 2 is 2.38 bits per heavy atom. The van der Waals surface area contributed by atoms with Crippen molar-refractivity contribution in [2.45, 2.75) is 13.0 Å². The molecule has 1 aliphatic rings. The monoisotopic (exact) mass is 179 g/mol. The summed E-state index contributed by atoms with van der Waals surface area (Å²) in [5.41, 5.74) is 0.717. The minimum Gasteiger partial charge on any atom is -0.491 e. The van der Waals surface area contributed by atoms with Gasteiger partial charge in [-0.25, -0.2) is 0 Å². The second-order valence-corrected chi connectivity index (χ2v) is 3.19. The molecule has 1 unspecified atom stereocenters. The van der Waals surface area contributed by atoms with Crippen molar-refractivity contribution in [3.05, 3.63) is 23.8 Å². The van der Waals surface area contributed by atoms with Crippen LogP contribution >= 0.6 is 0 Å². The molecule has 3 heteroatoms. The van der Waals surface area contributed by atoms with E-state index in [0.29, 0.717) is 12.2 Å². The molecule has 0 aliphatic carbocycles. The molecule has 1 fully saturated rings. The molecule has 0 spiro atoms. The first kappa shape index (κ1) is 8.38. The third-order valence-corrected chi connectivity index (χ3v) is 1.98. The van der Waals surface area contributed by atoms with Crippen LogP contribution < -0.4 is 4.74 Å². The SMILES string of the molecule is Cc1cc(OCC2CO2)ccc1[O]. The van der Waals surface area contributed by atoms with Crippen LogP contribution in [0, 0.1) is 6.92 Å². The van der Waals surface area contributed by atoms with Crippen LogP contribution in [0.3, 0.4) is 0 Å². The molecule has 1 radical (unpaired) electrons. The maximum atomic E-state index is 11.0. The first-order valence-corrected chi connectivity index (χ1v) is 4.28. The molecular formula is C10H11O3. The largest absolute Gasteiger partial charge is 0.491 e. The summed E-state index contributed by atoms with van der Waals surface area (Å²) >= 11 is 0. The van der Waals surface area contributed by atoms with Crippen LogP contribution in [-0.2, 0) is 9.84 Å². The Bertz CT molecular complexity index is 305. The van der Waals surface area contributed by atoms with E-state index in [1.807, 2.05) is 0 Å². The summed E-state index contributed by atoms with van der Waals surface area (Å²) in [6, 6.07) is 4.97. The quantitative estimate of drug-likeness (QED) is 0.665. The van der Waals surface area contributed by atoms with Crippen LogP contribution in [0.25, 0.3) is 0 Å². The zero-order valence-corrected chi connectivity index (χ0v) is 7.45. The fraction of sp³-hybridized carbons (Fsp3) is 0.400. The highest BCUT2D eigenvalue weighted by atomic mass is 16.6. The van der Waals surface area contributed by atoms with E-state index in [1.165, 1.54) is 6.07 Å². The van der Waals surface area contributed by atoms with Gasteiger partial charge in [0.25, 0.3) is 0 Å². The van der Waals surface area contributed by atoms with Gasteiger partial charge in [-0.1, -0.05) is 0 Å². The van der Waals surface area contributed by atoms with Gasteiger partial charge >= 0.3 is 0 Å². The van der Waals surface area contributed by atoms with Crippen molar-refractivity contribution in [1.29, 1.82) is 0 Å². The lowest BCUT2D eigenvalue weighted by Crippen LogP contribution is -2.03. The lowest BCUT2D eigenvalue weighted by molar-refractivity contribution is 0.262. The van der Waals surface area contributed by atoms with Crippen LogP contribution in [0.2, 0.25) is 0 Å². The third-order valence-electron chi connectivity index (χ3n) is 1.98. The number of epoxide rings is 1. The summed E-state index contributed by atoms with van der Waals surface area (Å²) in [5.74, 6) is 0.794. The number of benzene rings is 1. The lowest BCUT2D eigenvalue weighted by Gasteiger charge is -2.04. The van der Waals surface area contributed by atoms with Gasteiger partial charge in [0.2, 0.25) is 0 Å². The van der Waals surface area contributed by atoms with Crippen molar-refractivity contribution in [3.63, 3.8) is 0 Å². The fourth-order valence-electron chi connectivity index (χ4n) is 1.07. The summed E-state index contributed by atoms with van der Waals surface area (Å²) in [4.78, 5) is 0. The molecule has 0 aromatic heterocycles. The first-order chi connectivity index (χ1) is 6.25. The van der Waals surface area contributed by atoms with Crippen LogP contribution in [0.5, 0.6) is 11.5 Å². The van der Waals surface area contributed by atoms with Gasteiger partial charge in [-0.15, -0.1) is 0 Å². The van der Waals surface area contributed by atoms with Gasteiger partial charge in [-0.3, -0.25) is 5.11 Å². The van der Waals surface area contributed by atoms with Crippen LogP contribution in [0.15, 0.2) is 18.2 Å². The Labute approximate surface area is 76.9 Å². The Hall–Kier alpha value is -1.22. The molecule has 1 atom stereocenters. The molecule has 1 aromatic rings. The Morgan fingerprint density at radius 1 is 1.62 bits per heavy atom. The lowest BCUT2D eigenvalue weighted by atomic mass is 10.2. The van der Waals surface area contributed by atoms with E-state index >= 15 is 0 Å². The predicted octanol–water partition coefficient (Wildman–Crippen LogP) is 1.92. The standard InChI is InChI=1S/C10H11O3/c1-7-4-8(2-3-10(7)11)12-5-9-6-13-9/h2-4,9H,5-6H2,1H3. The van der Waals surface area contributed by atoms with Gasteiger partial charge in [0.1, 0.15) is 18.5 Å². The molecule has 0 bridgehead atoms. The van der Waals surface area contributed by atoms with E-state index in [1.54, 1.807) is 19.1 Å². The van der Waals surface area contributed by atoms with Gasteiger partial charge < -0.3 is 9.47 Å². The van der Waals surface area contributed by atoms with E-state index in [0.717, 1.165) is 12.4 Å². The van der Waals surface area contributed by atoms with Crippen molar-refractivity contribution in [2.75, 3.05) is 13.2 Å². The molecule has 0 saturated carbocycles. The molecule has 1 aromatic carbocycles. The minimum absolute atomic E-state index is 0.0509. The molecule has 2 rings (SSSR count). The van der Waals surface area contributed by atoms with Crippen LogP contribution in [-0.4, -0.2) is 19.3 Å². The molecule has 3 nitrogen and oxygen atoms in total. The predicted molar refractivity (Wildman–Crippen MR) is 46.5 cm³/mol. The molecular weight excluding hydrogens is 168 g/mol. The molecule has 1 aliphatic heterocycles. The van der Waals surface area contributed by atoms with Crippen molar-refractivity contribution in [1.82, 2.24) is 0 Å². The Kier molecular flexibility index (Phi) is 2.10. The minimum atomic E-state index is 0.0509. The molecule has 1 saturated heterocycles. The number of ether oxygens (including phenoxy) is 2. The van der Waals surface area contributed by atoms with Crippen LogP contribution in [0.1, 0.15) is 5.56 Å². The maximum absolute atomic E-state index is 11.0. The molecule has 13 heavy (non-hydrogen) atoms. The second kappa shape index (κ2) is 3.26. The molecule has 69 valence electrons. The van der Waals surface area contributed by atoms with Crippen molar-refractivity contribution in [2.24, 2.45) is 0 Å². The highest BCUT2D eigenvalue weighted by Crippen LogP contribution is 2.23. The topological polar surface area (TPSA) is 41.7 Å².